The third-order valence-electron chi connectivity index (χ3n) is 3.42. The number of aromatic nitrogens is 1. The van der Waals surface area contributed by atoms with Crippen molar-refractivity contribution in [1.82, 2.24) is 4.98 Å². The molecule has 0 spiro atoms. The van der Waals surface area contributed by atoms with Crippen LogP contribution in [0.25, 0.3) is 0 Å². The normalized spacial score (nSPS) is 21.9. The van der Waals surface area contributed by atoms with Gasteiger partial charge in [-0.15, -0.1) is 0 Å². The molecule has 0 aliphatic carbocycles. The van der Waals surface area contributed by atoms with Crippen molar-refractivity contribution in [2.24, 2.45) is 11.7 Å². The summed E-state index contributed by atoms with van der Waals surface area (Å²) >= 11 is 0. The van der Waals surface area contributed by atoms with Crippen LogP contribution in [0.15, 0.2) is 18.3 Å². The lowest BCUT2D eigenvalue weighted by atomic mass is 10.0. The van der Waals surface area contributed by atoms with E-state index < -0.39 is 0 Å². The highest BCUT2D eigenvalue weighted by Gasteiger charge is 2.16. The van der Waals surface area contributed by atoms with Crippen LogP contribution in [0.2, 0.25) is 0 Å². The van der Waals surface area contributed by atoms with E-state index in [4.69, 9.17) is 5.73 Å². The predicted molar refractivity (Wildman–Crippen MR) is 67.4 cm³/mol. The van der Waals surface area contributed by atoms with E-state index >= 15 is 0 Å². The minimum Gasteiger partial charge on any atom is -0.370 e. The Kier molecular flexibility index (Phi) is 3.78. The third-order valence-corrected chi connectivity index (χ3v) is 3.42. The SMILES string of the molecule is CC1CCCN(c2cccnc2CN)CC1. The highest BCUT2D eigenvalue weighted by Crippen LogP contribution is 2.24. The Morgan fingerprint density at radius 3 is 3.12 bits per heavy atom. The van der Waals surface area contributed by atoms with E-state index in [1.807, 2.05) is 12.3 Å². The fourth-order valence-electron chi connectivity index (χ4n) is 2.38. The van der Waals surface area contributed by atoms with E-state index in [-0.39, 0.29) is 0 Å². The van der Waals surface area contributed by atoms with Gasteiger partial charge in [-0.2, -0.15) is 0 Å². The maximum atomic E-state index is 5.73. The van der Waals surface area contributed by atoms with Crippen LogP contribution < -0.4 is 10.6 Å². The number of rotatable bonds is 2. The summed E-state index contributed by atoms with van der Waals surface area (Å²) in [5.41, 5.74) is 7.99. The molecule has 1 aromatic rings. The zero-order chi connectivity index (χ0) is 11.4. The molecule has 0 amide bonds. The van der Waals surface area contributed by atoms with E-state index in [0.29, 0.717) is 6.54 Å². The summed E-state index contributed by atoms with van der Waals surface area (Å²) in [6.45, 7) is 5.15. The molecule has 1 saturated heterocycles. The average Bonchev–Trinajstić information content (AvgIpc) is 2.54. The molecule has 1 unspecified atom stereocenters. The first kappa shape index (κ1) is 11.4. The number of anilines is 1. The van der Waals surface area contributed by atoms with Gasteiger partial charge in [0.2, 0.25) is 0 Å². The number of hydrogen-bond donors (Lipinski definition) is 1. The summed E-state index contributed by atoms with van der Waals surface area (Å²) in [5.74, 6) is 0.850. The zero-order valence-corrected chi connectivity index (χ0v) is 10.0. The second-order valence-corrected chi connectivity index (χ2v) is 4.70. The van der Waals surface area contributed by atoms with Crippen molar-refractivity contribution in [2.45, 2.75) is 32.7 Å². The molecule has 0 radical (unpaired) electrons. The number of nitrogens with two attached hydrogens (primary N) is 1. The van der Waals surface area contributed by atoms with Gasteiger partial charge in [0.15, 0.2) is 0 Å². The van der Waals surface area contributed by atoms with Crippen LogP contribution in [0.4, 0.5) is 5.69 Å². The molecule has 3 heteroatoms. The molecular formula is C13H21N3. The number of nitrogens with zero attached hydrogens (tertiary/aromatic N) is 2. The standard InChI is InChI=1S/C13H21N3/c1-11-4-3-8-16(9-6-11)13-5-2-7-15-12(13)10-14/h2,5,7,11H,3-4,6,8-10,14H2,1H3. The van der Waals surface area contributed by atoms with Gasteiger partial charge in [-0.3, -0.25) is 4.98 Å². The molecule has 1 aromatic heterocycles. The Labute approximate surface area is 97.7 Å². The van der Waals surface area contributed by atoms with Crippen LogP contribution in [0, 0.1) is 5.92 Å². The van der Waals surface area contributed by atoms with E-state index in [1.165, 1.54) is 24.9 Å². The molecule has 2 N–H and O–H groups in total. The number of hydrogen-bond acceptors (Lipinski definition) is 3. The molecule has 1 atom stereocenters. The van der Waals surface area contributed by atoms with E-state index in [9.17, 15) is 0 Å². The van der Waals surface area contributed by atoms with Gasteiger partial charge in [0, 0.05) is 25.8 Å². The lowest BCUT2D eigenvalue weighted by molar-refractivity contribution is 0.521. The minimum absolute atomic E-state index is 0.530. The van der Waals surface area contributed by atoms with Crippen LogP contribution in [-0.2, 0) is 6.54 Å². The molecule has 16 heavy (non-hydrogen) atoms. The molecule has 1 aliphatic heterocycles. The Morgan fingerprint density at radius 2 is 2.31 bits per heavy atom. The second-order valence-electron chi connectivity index (χ2n) is 4.70. The van der Waals surface area contributed by atoms with Gasteiger partial charge < -0.3 is 10.6 Å². The molecule has 1 aliphatic rings. The highest BCUT2D eigenvalue weighted by atomic mass is 15.1. The third kappa shape index (κ3) is 2.53. The quantitative estimate of drug-likeness (QED) is 0.829. The van der Waals surface area contributed by atoms with Gasteiger partial charge in [-0.1, -0.05) is 6.92 Å². The Balaban J connectivity index is 2.16. The number of pyridine rings is 1. The molecule has 0 bridgehead atoms. The first-order chi connectivity index (χ1) is 7.81. The van der Waals surface area contributed by atoms with E-state index in [0.717, 1.165) is 24.7 Å². The van der Waals surface area contributed by atoms with Gasteiger partial charge in [0.05, 0.1) is 11.4 Å². The van der Waals surface area contributed by atoms with Gasteiger partial charge in [-0.25, -0.2) is 0 Å². The lowest BCUT2D eigenvalue weighted by Gasteiger charge is -2.24. The average molecular weight is 219 g/mol. The summed E-state index contributed by atoms with van der Waals surface area (Å²) in [6, 6.07) is 4.15. The monoisotopic (exact) mass is 219 g/mol. The Morgan fingerprint density at radius 1 is 1.44 bits per heavy atom. The second kappa shape index (κ2) is 5.30. The van der Waals surface area contributed by atoms with Gasteiger partial charge in [-0.05, 0) is 37.3 Å². The Hall–Kier alpha value is -1.09. The fourth-order valence-corrected chi connectivity index (χ4v) is 2.38. The molecule has 0 aromatic carbocycles. The summed E-state index contributed by atoms with van der Waals surface area (Å²) < 4.78 is 0. The van der Waals surface area contributed by atoms with Gasteiger partial charge in [0.25, 0.3) is 0 Å². The van der Waals surface area contributed by atoms with Crippen molar-refractivity contribution in [2.75, 3.05) is 18.0 Å². The highest BCUT2D eigenvalue weighted by molar-refractivity contribution is 5.50. The molecule has 1 fully saturated rings. The summed E-state index contributed by atoms with van der Waals surface area (Å²) in [7, 11) is 0. The molecule has 2 heterocycles. The smallest absolute Gasteiger partial charge is 0.0772 e. The topological polar surface area (TPSA) is 42.2 Å². The molecule has 2 rings (SSSR count). The lowest BCUT2D eigenvalue weighted by Crippen LogP contribution is -2.26. The fraction of sp³-hybridized carbons (Fsp3) is 0.615. The van der Waals surface area contributed by atoms with Crippen molar-refractivity contribution in [3.63, 3.8) is 0 Å². The zero-order valence-electron chi connectivity index (χ0n) is 10.0. The van der Waals surface area contributed by atoms with Crippen LogP contribution in [0.3, 0.4) is 0 Å². The van der Waals surface area contributed by atoms with Gasteiger partial charge in [0.1, 0.15) is 0 Å². The first-order valence-electron chi connectivity index (χ1n) is 6.20. The van der Waals surface area contributed by atoms with Crippen LogP contribution in [0.1, 0.15) is 31.9 Å². The molecule has 0 saturated carbocycles. The maximum absolute atomic E-state index is 5.73. The van der Waals surface area contributed by atoms with Crippen molar-refractivity contribution in [1.29, 1.82) is 0 Å². The Bertz CT molecular complexity index is 338. The largest absolute Gasteiger partial charge is 0.370 e. The van der Waals surface area contributed by atoms with Crippen molar-refractivity contribution >= 4 is 5.69 Å². The maximum Gasteiger partial charge on any atom is 0.0772 e. The van der Waals surface area contributed by atoms with Crippen molar-refractivity contribution < 1.29 is 0 Å². The van der Waals surface area contributed by atoms with Crippen LogP contribution in [-0.4, -0.2) is 18.1 Å². The van der Waals surface area contributed by atoms with Crippen LogP contribution in [0.5, 0.6) is 0 Å². The molecular weight excluding hydrogens is 198 g/mol. The summed E-state index contributed by atoms with van der Waals surface area (Å²) in [5, 5.41) is 0. The van der Waals surface area contributed by atoms with Crippen molar-refractivity contribution in [3.05, 3.63) is 24.0 Å². The van der Waals surface area contributed by atoms with Crippen molar-refractivity contribution in [3.8, 4) is 0 Å². The summed E-state index contributed by atoms with van der Waals surface area (Å²) in [6.07, 6.45) is 5.72. The minimum atomic E-state index is 0.530. The van der Waals surface area contributed by atoms with Crippen LogP contribution >= 0.6 is 0 Å². The van der Waals surface area contributed by atoms with E-state index in [1.54, 1.807) is 0 Å². The van der Waals surface area contributed by atoms with Gasteiger partial charge >= 0.3 is 0 Å². The molecule has 88 valence electrons. The predicted octanol–water partition coefficient (Wildman–Crippen LogP) is 2.17. The molecule has 3 nitrogen and oxygen atoms in total. The first-order valence-corrected chi connectivity index (χ1v) is 6.20. The van der Waals surface area contributed by atoms with E-state index in [2.05, 4.69) is 22.9 Å². The summed E-state index contributed by atoms with van der Waals surface area (Å²) in [4.78, 5) is 6.80.